The summed E-state index contributed by atoms with van der Waals surface area (Å²) in [5.41, 5.74) is 0. The van der Waals surface area contributed by atoms with Gasteiger partial charge in [-0.25, -0.2) is 4.79 Å². The lowest BCUT2D eigenvalue weighted by Gasteiger charge is -2.24. The zero-order valence-corrected chi connectivity index (χ0v) is 12.9. The van der Waals surface area contributed by atoms with Gasteiger partial charge in [-0.15, -0.1) is 0 Å². The minimum atomic E-state index is -0.761. The lowest BCUT2D eigenvalue weighted by atomic mass is 10.2. The van der Waals surface area contributed by atoms with Gasteiger partial charge in [-0.3, -0.25) is 4.90 Å². The third-order valence-corrected chi connectivity index (χ3v) is 3.80. The van der Waals surface area contributed by atoms with Gasteiger partial charge in [0.2, 0.25) is 0 Å². The number of benzene rings is 1. The number of amides is 1. The van der Waals surface area contributed by atoms with Crippen LogP contribution in [0.3, 0.4) is 0 Å². The van der Waals surface area contributed by atoms with Crippen molar-refractivity contribution in [3.63, 3.8) is 0 Å². The molecule has 1 aromatic rings. The fraction of sp³-hybridized carbons (Fsp3) is 0.562. The largest absolute Gasteiger partial charge is 0.415 e. The normalized spacial score (nSPS) is 19.3. The summed E-state index contributed by atoms with van der Waals surface area (Å²) in [6.45, 7) is 4.63. The summed E-state index contributed by atoms with van der Waals surface area (Å²) in [4.78, 5) is 15.9. The van der Waals surface area contributed by atoms with Gasteiger partial charge in [0, 0.05) is 32.7 Å². The van der Waals surface area contributed by atoms with Crippen molar-refractivity contribution in [3.05, 3.63) is 30.3 Å². The van der Waals surface area contributed by atoms with Crippen LogP contribution in [-0.2, 0) is 0 Å². The zero-order chi connectivity index (χ0) is 15.9. The van der Waals surface area contributed by atoms with Crippen molar-refractivity contribution in [2.24, 2.45) is 0 Å². The zero-order valence-electron chi connectivity index (χ0n) is 12.9. The maximum absolute atomic E-state index is 12.2. The number of aliphatic hydroxyl groups is 2. The number of para-hydroxylation sites is 1. The van der Waals surface area contributed by atoms with Crippen LogP contribution in [0.15, 0.2) is 30.3 Å². The molecule has 1 aliphatic rings. The van der Waals surface area contributed by atoms with E-state index >= 15 is 0 Å². The van der Waals surface area contributed by atoms with Crippen LogP contribution in [0.1, 0.15) is 13.3 Å². The van der Waals surface area contributed by atoms with Crippen LogP contribution in [0.4, 0.5) is 4.79 Å². The summed E-state index contributed by atoms with van der Waals surface area (Å²) in [5, 5.41) is 19.1. The summed E-state index contributed by atoms with van der Waals surface area (Å²) in [7, 11) is 0. The van der Waals surface area contributed by atoms with Crippen molar-refractivity contribution in [1.29, 1.82) is 0 Å². The van der Waals surface area contributed by atoms with Gasteiger partial charge >= 0.3 is 6.09 Å². The van der Waals surface area contributed by atoms with E-state index in [4.69, 9.17) is 4.74 Å². The van der Waals surface area contributed by atoms with Gasteiger partial charge in [-0.2, -0.15) is 0 Å². The Bertz CT molecular complexity index is 466. The molecule has 1 aromatic carbocycles. The van der Waals surface area contributed by atoms with Crippen LogP contribution in [0, 0.1) is 0 Å². The molecule has 1 amide bonds. The predicted molar refractivity (Wildman–Crippen MR) is 82.8 cm³/mol. The molecule has 1 heterocycles. The molecule has 0 radical (unpaired) electrons. The highest BCUT2D eigenvalue weighted by Crippen LogP contribution is 2.12. The summed E-state index contributed by atoms with van der Waals surface area (Å²) >= 11 is 0. The van der Waals surface area contributed by atoms with E-state index in [-0.39, 0.29) is 6.09 Å². The first kappa shape index (κ1) is 16.7. The Morgan fingerprint density at radius 2 is 1.91 bits per heavy atom. The SMILES string of the molecule is C[C@@H](O)[C@@H](O)CN1CCCN(C(=O)Oc2ccccc2)CC1. The van der Waals surface area contributed by atoms with Crippen molar-refractivity contribution >= 4 is 6.09 Å². The molecule has 1 aliphatic heterocycles. The molecule has 0 unspecified atom stereocenters. The molecule has 2 atom stereocenters. The fourth-order valence-corrected chi connectivity index (χ4v) is 2.41. The second-order valence-electron chi connectivity index (χ2n) is 5.63. The van der Waals surface area contributed by atoms with Gasteiger partial charge in [0.15, 0.2) is 0 Å². The first-order chi connectivity index (χ1) is 10.6. The van der Waals surface area contributed by atoms with Crippen LogP contribution in [0.2, 0.25) is 0 Å². The number of aliphatic hydroxyl groups excluding tert-OH is 2. The van der Waals surface area contributed by atoms with Crippen LogP contribution < -0.4 is 4.74 Å². The van der Waals surface area contributed by atoms with E-state index in [2.05, 4.69) is 4.90 Å². The number of ether oxygens (including phenoxy) is 1. The minimum absolute atomic E-state index is 0.343. The second kappa shape index (κ2) is 8.12. The summed E-state index contributed by atoms with van der Waals surface area (Å²) in [5.74, 6) is 0.540. The Morgan fingerprint density at radius 1 is 1.18 bits per heavy atom. The maximum Gasteiger partial charge on any atom is 0.415 e. The third-order valence-electron chi connectivity index (χ3n) is 3.80. The molecule has 0 saturated carbocycles. The molecule has 0 spiro atoms. The number of hydrogen-bond acceptors (Lipinski definition) is 5. The van der Waals surface area contributed by atoms with Crippen LogP contribution in [0.25, 0.3) is 0 Å². The van der Waals surface area contributed by atoms with Crippen LogP contribution in [0.5, 0.6) is 5.75 Å². The Kier molecular flexibility index (Phi) is 6.18. The molecule has 0 aromatic heterocycles. The second-order valence-corrected chi connectivity index (χ2v) is 5.63. The molecule has 1 saturated heterocycles. The highest BCUT2D eigenvalue weighted by Gasteiger charge is 2.23. The average molecular weight is 308 g/mol. The molecule has 22 heavy (non-hydrogen) atoms. The molecule has 0 bridgehead atoms. The highest BCUT2D eigenvalue weighted by molar-refractivity contribution is 5.70. The Hall–Kier alpha value is -1.63. The van der Waals surface area contributed by atoms with Gasteiger partial charge in [-0.1, -0.05) is 18.2 Å². The van der Waals surface area contributed by atoms with E-state index in [1.807, 2.05) is 18.2 Å². The first-order valence-corrected chi connectivity index (χ1v) is 7.66. The molecular weight excluding hydrogens is 284 g/mol. The summed E-state index contributed by atoms with van der Waals surface area (Å²) < 4.78 is 5.34. The number of β-amino-alcohol motifs (C(OH)–C–C–N with tert-alkyl or cyclic N) is 1. The average Bonchev–Trinajstić information content (AvgIpc) is 2.74. The van der Waals surface area contributed by atoms with Crippen molar-refractivity contribution in [2.75, 3.05) is 32.7 Å². The predicted octanol–water partition coefficient (Wildman–Crippen LogP) is 0.935. The Morgan fingerprint density at radius 3 is 2.59 bits per heavy atom. The minimum Gasteiger partial charge on any atom is -0.410 e. The molecule has 6 heteroatoms. The van der Waals surface area contributed by atoms with Gasteiger partial charge in [0.25, 0.3) is 0 Å². The standard InChI is InChI=1S/C16H24N2O4/c1-13(19)15(20)12-17-8-5-9-18(11-10-17)16(21)22-14-6-3-2-4-7-14/h2-4,6-7,13,15,19-20H,5,8-12H2,1H3/t13-,15+/m1/s1. The van der Waals surface area contributed by atoms with E-state index < -0.39 is 12.2 Å². The summed E-state index contributed by atoms with van der Waals surface area (Å²) in [6.07, 6.45) is -1.04. The number of nitrogens with zero attached hydrogens (tertiary/aromatic N) is 2. The molecular formula is C16H24N2O4. The van der Waals surface area contributed by atoms with E-state index in [0.717, 1.165) is 13.0 Å². The topological polar surface area (TPSA) is 73.2 Å². The monoisotopic (exact) mass is 308 g/mol. The number of hydrogen-bond donors (Lipinski definition) is 2. The Balaban J connectivity index is 1.83. The van der Waals surface area contributed by atoms with Gasteiger partial charge in [0.05, 0.1) is 12.2 Å². The Labute approximate surface area is 130 Å². The van der Waals surface area contributed by atoms with Gasteiger partial charge < -0.3 is 19.8 Å². The van der Waals surface area contributed by atoms with Crippen molar-refractivity contribution in [3.8, 4) is 5.75 Å². The molecule has 2 rings (SSSR count). The number of carbonyl (C=O) groups excluding carboxylic acids is 1. The van der Waals surface area contributed by atoms with E-state index in [1.165, 1.54) is 0 Å². The van der Waals surface area contributed by atoms with Crippen LogP contribution in [-0.4, -0.2) is 71.0 Å². The lowest BCUT2D eigenvalue weighted by Crippen LogP contribution is -2.41. The molecule has 1 fully saturated rings. The quantitative estimate of drug-likeness (QED) is 0.866. The van der Waals surface area contributed by atoms with Crippen molar-refractivity contribution in [2.45, 2.75) is 25.6 Å². The number of rotatable bonds is 4. The van der Waals surface area contributed by atoms with Gasteiger partial charge in [-0.05, 0) is 25.5 Å². The van der Waals surface area contributed by atoms with Gasteiger partial charge in [0.1, 0.15) is 5.75 Å². The maximum atomic E-state index is 12.2. The van der Waals surface area contributed by atoms with Crippen molar-refractivity contribution < 1.29 is 19.7 Å². The number of carbonyl (C=O) groups is 1. The molecule has 0 aliphatic carbocycles. The first-order valence-electron chi connectivity index (χ1n) is 7.66. The highest BCUT2D eigenvalue weighted by atomic mass is 16.6. The van der Waals surface area contributed by atoms with Crippen LogP contribution >= 0.6 is 0 Å². The van der Waals surface area contributed by atoms with Crippen molar-refractivity contribution in [1.82, 2.24) is 9.80 Å². The lowest BCUT2D eigenvalue weighted by molar-refractivity contribution is 0.00845. The molecule has 122 valence electrons. The van der Waals surface area contributed by atoms with E-state index in [1.54, 1.807) is 24.0 Å². The molecule has 2 N–H and O–H groups in total. The third kappa shape index (κ3) is 4.98. The smallest absolute Gasteiger partial charge is 0.410 e. The van der Waals surface area contributed by atoms with E-state index in [9.17, 15) is 15.0 Å². The molecule has 6 nitrogen and oxygen atoms in total. The summed E-state index contributed by atoms with van der Waals surface area (Å²) in [6, 6.07) is 9.02. The fourth-order valence-electron chi connectivity index (χ4n) is 2.41. The van der Waals surface area contributed by atoms with E-state index in [0.29, 0.717) is 31.9 Å².